The molecule has 3 aliphatic rings. The van der Waals surface area contributed by atoms with Gasteiger partial charge in [0.1, 0.15) is 11.9 Å². The number of rotatable bonds is 9. The zero-order valence-corrected chi connectivity index (χ0v) is 26.5. The molecule has 5 atom stereocenters. The lowest BCUT2D eigenvalue weighted by atomic mass is 9.98. The number of hydrogen-bond acceptors (Lipinski definition) is 14. The number of carbonyl (C=O) groups excluding carboxylic acids is 3. The average molecular weight is 684 g/mol. The van der Waals surface area contributed by atoms with Crippen molar-refractivity contribution in [2.45, 2.75) is 37.6 Å². The highest BCUT2D eigenvalue weighted by Crippen LogP contribution is 2.36. The van der Waals surface area contributed by atoms with Gasteiger partial charge < -0.3 is 52.5 Å². The van der Waals surface area contributed by atoms with Crippen molar-refractivity contribution in [1.82, 2.24) is 0 Å². The van der Waals surface area contributed by atoms with E-state index in [1.165, 1.54) is 26.4 Å². The molecule has 3 aromatic carbocycles. The molecule has 4 N–H and O–H groups in total. The second-order valence-electron chi connectivity index (χ2n) is 10.7. The zero-order chi connectivity index (χ0) is 34.5. The number of ether oxygens (including phenoxy) is 10. The summed E-state index contributed by atoms with van der Waals surface area (Å²) in [6.07, 6.45) is -10.4. The van der Waals surface area contributed by atoms with Gasteiger partial charge in [-0.1, -0.05) is 12.1 Å². The predicted molar refractivity (Wildman–Crippen MR) is 167 cm³/mol. The van der Waals surface area contributed by atoms with Crippen LogP contribution in [0.3, 0.4) is 0 Å². The fraction of sp³-hybridized carbons (Fsp3) is 0.344. The second kappa shape index (κ2) is 14.6. The molecule has 1 fully saturated rings. The molecule has 1 saturated heterocycles. The Hall–Kier alpha value is -5.65. The van der Waals surface area contributed by atoms with Crippen LogP contribution in [0.2, 0.25) is 0 Å². The summed E-state index contributed by atoms with van der Waals surface area (Å²) in [5, 5.41) is 18.0. The van der Waals surface area contributed by atoms with Crippen LogP contribution < -0.4 is 39.6 Å². The lowest BCUT2D eigenvalue weighted by Gasteiger charge is -2.43. The van der Waals surface area contributed by atoms with E-state index in [9.17, 15) is 19.5 Å². The number of para-hydroxylation sites is 1. The first-order chi connectivity index (χ1) is 23.8. The molecule has 0 spiro atoms. The molecule has 0 aliphatic carbocycles. The largest absolute Gasteiger partial charge is 0.495 e. The molecule has 0 radical (unpaired) electrons. The van der Waals surface area contributed by atoms with Gasteiger partial charge in [-0.25, -0.2) is 14.4 Å². The van der Waals surface area contributed by atoms with Gasteiger partial charge in [0.2, 0.25) is 13.6 Å². The number of aliphatic hydroxyl groups is 1. The van der Waals surface area contributed by atoms with Gasteiger partial charge in [-0.3, -0.25) is 16.0 Å². The van der Waals surface area contributed by atoms with Gasteiger partial charge in [0.05, 0.1) is 19.4 Å². The van der Waals surface area contributed by atoms with Crippen molar-refractivity contribution in [1.29, 1.82) is 0 Å². The van der Waals surface area contributed by atoms with Crippen molar-refractivity contribution in [3.05, 3.63) is 60.2 Å². The number of nitrogens with one attached hydrogen (secondary N) is 3. The maximum Gasteiger partial charge on any atom is 0.412 e. The lowest BCUT2D eigenvalue weighted by Crippen LogP contribution is -2.63. The summed E-state index contributed by atoms with van der Waals surface area (Å²) in [7, 11) is 2.69. The number of methoxy groups -OCH3 is 2. The third kappa shape index (κ3) is 7.43. The number of hydrogen-bond donors (Lipinski definition) is 4. The molecule has 17 nitrogen and oxygen atoms in total. The molecule has 3 amide bonds. The molecule has 3 aliphatic heterocycles. The summed E-state index contributed by atoms with van der Waals surface area (Å²) in [5.74, 6) is 2.15. The van der Waals surface area contributed by atoms with Crippen molar-refractivity contribution in [3.63, 3.8) is 0 Å². The van der Waals surface area contributed by atoms with Crippen LogP contribution in [0.1, 0.15) is 5.56 Å². The number of fused-ring (bicyclic) bond motifs is 2. The van der Waals surface area contributed by atoms with Crippen LogP contribution in [-0.4, -0.2) is 88.5 Å². The number of benzene rings is 3. The molecule has 0 saturated carbocycles. The quantitative estimate of drug-likeness (QED) is 0.236. The van der Waals surface area contributed by atoms with E-state index in [1.807, 2.05) is 0 Å². The Bertz CT molecular complexity index is 1700. The number of amides is 3. The van der Waals surface area contributed by atoms with Gasteiger partial charge in [-0.2, -0.15) is 0 Å². The summed E-state index contributed by atoms with van der Waals surface area (Å²) >= 11 is 0. The summed E-state index contributed by atoms with van der Waals surface area (Å²) < 4.78 is 55.2. The number of carbonyl (C=O) groups is 3. The van der Waals surface area contributed by atoms with Gasteiger partial charge >= 0.3 is 18.3 Å². The van der Waals surface area contributed by atoms with Crippen LogP contribution >= 0.6 is 0 Å². The Morgan fingerprint density at radius 2 is 1.29 bits per heavy atom. The number of anilines is 3. The van der Waals surface area contributed by atoms with Gasteiger partial charge in [0, 0.05) is 30.6 Å². The maximum absolute atomic E-state index is 13.3. The average Bonchev–Trinajstić information content (AvgIpc) is 3.76. The van der Waals surface area contributed by atoms with E-state index in [0.29, 0.717) is 45.7 Å². The van der Waals surface area contributed by atoms with Gasteiger partial charge in [0.15, 0.2) is 47.6 Å². The smallest absolute Gasteiger partial charge is 0.412 e. The molecular weight excluding hydrogens is 650 g/mol. The third-order valence-corrected chi connectivity index (χ3v) is 7.65. The van der Waals surface area contributed by atoms with Crippen LogP contribution in [0.25, 0.3) is 0 Å². The highest BCUT2D eigenvalue weighted by molar-refractivity contribution is 5.89. The summed E-state index contributed by atoms with van der Waals surface area (Å²) in [4.78, 5) is 39.9. The molecular formula is C32H33N3O14. The molecule has 260 valence electrons. The van der Waals surface area contributed by atoms with E-state index in [0.717, 1.165) is 0 Å². The topological polar surface area (TPSA) is 200 Å². The first-order valence-corrected chi connectivity index (χ1v) is 14.9. The minimum Gasteiger partial charge on any atom is -0.495 e. The van der Waals surface area contributed by atoms with E-state index >= 15 is 0 Å². The minimum atomic E-state index is -1.59. The standard InChI is InChI=1S/C32H33N3O14/c1-16-5-4-6-21(40-2)25(16)35-32(39)47-26-24(13-36)46-29(41-3)28(49-31(38)34-18-8-10-20-23(12-18)45-15-43-20)27(26)48-30(37)33-17-7-9-19-22(11-17)44-14-42-19/h4-12,24,26-29,36H,13-15H2,1-3H3,(H,33,37)(H,34,38)(H,35,39)/t24-,26-,27+,28-,29+/m1/s1. The molecule has 0 unspecified atom stereocenters. The minimum absolute atomic E-state index is 0.0229. The molecule has 0 aromatic heterocycles. The van der Waals surface area contributed by atoms with E-state index < -0.39 is 55.6 Å². The number of aryl methyl sites for hydroxylation is 1. The first kappa shape index (κ1) is 33.3. The van der Waals surface area contributed by atoms with Crippen LogP contribution in [0.4, 0.5) is 31.4 Å². The highest BCUT2D eigenvalue weighted by atomic mass is 16.7. The van der Waals surface area contributed by atoms with Crippen molar-refractivity contribution < 1.29 is 66.9 Å². The predicted octanol–water partition coefficient (Wildman–Crippen LogP) is 3.98. The first-order valence-electron chi connectivity index (χ1n) is 14.9. The fourth-order valence-corrected chi connectivity index (χ4v) is 5.33. The Labute approximate surface area is 279 Å². The SMILES string of the molecule is COc1cccc(C)c1NC(=O)O[C@H]1[C@H](OC(=O)Nc2ccc3c(c2)OCO3)[C@@H](OC(=O)Nc2ccc3c(c2)OCO3)[C@@H](OC)O[C@@H]1CO. The fourth-order valence-electron chi connectivity index (χ4n) is 5.33. The Balaban J connectivity index is 1.26. The van der Waals surface area contributed by atoms with Crippen LogP contribution in [0.15, 0.2) is 54.6 Å². The monoisotopic (exact) mass is 683 g/mol. The van der Waals surface area contributed by atoms with E-state index in [4.69, 9.17) is 47.4 Å². The van der Waals surface area contributed by atoms with Crippen LogP contribution in [0, 0.1) is 6.92 Å². The summed E-state index contributed by atoms with van der Waals surface area (Å²) in [6.45, 7) is 1.10. The van der Waals surface area contributed by atoms with Gasteiger partial charge in [-0.05, 0) is 42.8 Å². The second-order valence-corrected chi connectivity index (χ2v) is 10.7. The zero-order valence-electron chi connectivity index (χ0n) is 26.5. The molecule has 3 aromatic rings. The van der Waals surface area contributed by atoms with Crippen LogP contribution in [-0.2, 0) is 23.7 Å². The number of aliphatic hydroxyl groups excluding tert-OH is 1. The van der Waals surface area contributed by atoms with E-state index in [1.54, 1.807) is 49.4 Å². The maximum atomic E-state index is 13.3. The lowest BCUT2D eigenvalue weighted by molar-refractivity contribution is -0.290. The Kier molecular flexibility index (Phi) is 9.93. The summed E-state index contributed by atoms with van der Waals surface area (Å²) in [5.41, 5.74) is 1.55. The third-order valence-electron chi connectivity index (χ3n) is 7.65. The normalized spacial score (nSPS) is 21.7. The van der Waals surface area contributed by atoms with Gasteiger partial charge in [-0.15, -0.1) is 0 Å². The molecule has 0 bridgehead atoms. The van der Waals surface area contributed by atoms with Crippen molar-refractivity contribution >= 4 is 35.3 Å². The van der Waals surface area contributed by atoms with E-state index in [-0.39, 0.29) is 19.3 Å². The Morgan fingerprint density at radius 3 is 1.86 bits per heavy atom. The van der Waals surface area contributed by atoms with Crippen molar-refractivity contribution in [2.24, 2.45) is 0 Å². The van der Waals surface area contributed by atoms with Gasteiger partial charge in [0.25, 0.3) is 0 Å². The van der Waals surface area contributed by atoms with Crippen LogP contribution in [0.5, 0.6) is 28.7 Å². The van der Waals surface area contributed by atoms with Crippen molar-refractivity contribution in [2.75, 3.05) is 50.4 Å². The van der Waals surface area contributed by atoms with Crippen molar-refractivity contribution in [3.8, 4) is 28.7 Å². The molecule has 49 heavy (non-hydrogen) atoms. The molecule has 17 heteroatoms. The molecule has 3 heterocycles. The summed E-state index contributed by atoms with van der Waals surface area (Å²) in [6, 6.07) is 14.5. The Morgan fingerprint density at radius 1 is 0.735 bits per heavy atom. The highest BCUT2D eigenvalue weighted by Gasteiger charge is 2.53. The molecule has 6 rings (SSSR count). The van der Waals surface area contributed by atoms with E-state index in [2.05, 4.69) is 16.0 Å².